The Labute approximate surface area is 162 Å². The Bertz CT molecular complexity index is 955. The molecule has 2 saturated carbocycles. The number of hydrogen-bond acceptors (Lipinski definition) is 4. The van der Waals surface area contributed by atoms with Crippen LogP contribution in [0.3, 0.4) is 0 Å². The average Bonchev–Trinajstić information content (AvgIpc) is 3.37. The van der Waals surface area contributed by atoms with Crippen LogP contribution in [0.4, 0.5) is 5.13 Å². The van der Waals surface area contributed by atoms with Crippen molar-refractivity contribution < 1.29 is 9.59 Å². The standard InChI is InChI=1S/C22H22N2O2S/c1-11(2)16-14-9-10-15(16)18-17(14)20(25)24(21(18)26)22-23-19(12(3)27-22)13-7-5-4-6-8-13/h4-8,14-15,17-18H,9-10H2,1-3H3/t14-,15-,17-,18+/m0/s1. The molecule has 3 fully saturated rings. The van der Waals surface area contributed by atoms with Gasteiger partial charge in [0, 0.05) is 10.4 Å². The Morgan fingerprint density at radius 3 is 2.19 bits per heavy atom. The summed E-state index contributed by atoms with van der Waals surface area (Å²) in [7, 11) is 0. The third-order valence-corrected chi connectivity index (χ3v) is 7.41. The summed E-state index contributed by atoms with van der Waals surface area (Å²) in [4.78, 5) is 33.7. The van der Waals surface area contributed by atoms with Crippen molar-refractivity contribution in [3.63, 3.8) is 0 Å². The van der Waals surface area contributed by atoms with Gasteiger partial charge in [-0.2, -0.15) is 0 Å². The summed E-state index contributed by atoms with van der Waals surface area (Å²) in [5.74, 6) is 0.0758. The smallest absolute Gasteiger partial charge is 0.240 e. The van der Waals surface area contributed by atoms with Crippen molar-refractivity contribution in [3.8, 4) is 11.3 Å². The SMILES string of the molecule is CC(C)=C1[C@@H]2CC[C@@H]1[C@H]1C(=O)N(c3nc(-c4ccccc4)c(C)s3)C(=O)[C@H]12. The first-order valence-electron chi connectivity index (χ1n) is 9.57. The highest BCUT2D eigenvalue weighted by molar-refractivity contribution is 7.16. The van der Waals surface area contributed by atoms with Gasteiger partial charge >= 0.3 is 0 Å². The van der Waals surface area contributed by atoms with Gasteiger partial charge in [-0.05, 0) is 45.4 Å². The van der Waals surface area contributed by atoms with Gasteiger partial charge in [-0.25, -0.2) is 9.88 Å². The van der Waals surface area contributed by atoms with Gasteiger partial charge in [0.05, 0.1) is 17.5 Å². The van der Waals surface area contributed by atoms with E-state index in [1.165, 1.54) is 27.4 Å². The van der Waals surface area contributed by atoms with Gasteiger partial charge in [0.25, 0.3) is 0 Å². The molecule has 1 saturated heterocycles. The normalized spacial score (nSPS) is 29.0. The lowest BCUT2D eigenvalue weighted by atomic mass is 9.81. The molecule has 2 bridgehead atoms. The molecule has 1 aliphatic heterocycles. The lowest BCUT2D eigenvalue weighted by molar-refractivity contribution is -0.123. The highest BCUT2D eigenvalue weighted by atomic mass is 32.1. The van der Waals surface area contributed by atoms with Crippen LogP contribution < -0.4 is 4.90 Å². The second-order valence-corrected chi connectivity index (χ2v) is 9.26. The molecule has 138 valence electrons. The summed E-state index contributed by atoms with van der Waals surface area (Å²) < 4.78 is 0. The number of anilines is 1. The number of imide groups is 1. The lowest BCUT2D eigenvalue weighted by Gasteiger charge is -2.18. The first-order chi connectivity index (χ1) is 13.0. The molecule has 4 atom stereocenters. The van der Waals surface area contributed by atoms with Crippen molar-refractivity contribution in [1.29, 1.82) is 0 Å². The molecule has 0 spiro atoms. The third-order valence-electron chi connectivity index (χ3n) is 6.45. The number of carbonyl (C=O) groups excluding carboxylic acids is 2. The molecule has 0 radical (unpaired) electrons. The van der Waals surface area contributed by atoms with Crippen LogP contribution in [0.15, 0.2) is 41.5 Å². The van der Waals surface area contributed by atoms with Gasteiger partial charge in [0.1, 0.15) is 0 Å². The van der Waals surface area contributed by atoms with E-state index in [1.807, 2.05) is 37.3 Å². The van der Waals surface area contributed by atoms with Crippen molar-refractivity contribution in [1.82, 2.24) is 4.98 Å². The van der Waals surface area contributed by atoms with E-state index >= 15 is 0 Å². The van der Waals surface area contributed by atoms with Crippen molar-refractivity contribution in [2.45, 2.75) is 33.6 Å². The van der Waals surface area contributed by atoms with Crippen LogP contribution in [0.1, 0.15) is 31.6 Å². The maximum Gasteiger partial charge on any atom is 0.240 e. The van der Waals surface area contributed by atoms with E-state index in [9.17, 15) is 9.59 Å². The number of benzene rings is 1. The zero-order valence-corrected chi connectivity index (χ0v) is 16.5. The molecule has 2 heterocycles. The minimum atomic E-state index is -0.175. The maximum atomic E-state index is 13.3. The van der Waals surface area contributed by atoms with Crippen LogP contribution in [0.2, 0.25) is 0 Å². The molecule has 27 heavy (non-hydrogen) atoms. The number of allylic oxidation sites excluding steroid dienone is 2. The van der Waals surface area contributed by atoms with Gasteiger partial charge in [-0.3, -0.25) is 9.59 Å². The Balaban J connectivity index is 1.53. The summed E-state index contributed by atoms with van der Waals surface area (Å²) >= 11 is 1.44. The zero-order valence-electron chi connectivity index (χ0n) is 15.7. The van der Waals surface area contributed by atoms with Crippen LogP contribution in [-0.2, 0) is 9.59 Å². The molecule has 2 aliphatic carbocycles. The topological polar surface area (TPSA) is 50.3 Å². The number of aryl methyl sites for hydroxylation is 1. The monoisotopic (exact) mass is 378 g/mol. The van der Waals surface area contributed by atoms with Gasteiger partial charge in [0.2, 0.25) is 11.8 Å². The molecule has 5 rings (SSSR count). The predicted molar refractivity (Wildman–Crippen MR) is 106 cm³/mol. The number of amides is 2. The van der Waals surface area contributed by atoms with Crippen molar-refractivity contribution >= 4 is 28.3 Å². The maximum absolute atomic E-state index is 13.3. The van der Waals surface area contributed by atoms with Crippen LogP contribution in [-0.4, -0.2) is 16.8 Å². The van der Waals surface area contributed by atoms with Crippen LogP contribution >= 0.6 is 11.3 Å². The van der Waals surface area contributed by atoms with Crippen LogP contribution in [0, 0.1) is 30.6 Å². The van der Waals surface area contributed by atoms with E-state index < -0.39 is 0 Å². The van der Waals surface area contributed by atoms with E-state index in [0.717, 1.165) is 29.0 Å². The zero-order chi connectivity index (χ0) is 18.9. The molecule has 4 nitrogen and oxygen atoms in total. The fourth-order valence-corrected chi connectivity index (χ4v) is 6.46. The minimum absolute atomic E-state index is 0.0377. The van der Waals surface area contributed by atoms with Gasteiger partial charge in [-0.1, -0.05) is 41.5 Å². The summed E-state index contributed by atoms with van der Waals surface area (Å²) in [5, 5.41) is 0.536. The van der Waals surface area contributed by atoms with E-state index in [1.54, 1.807) is 0 Å². The van der Waals surface area contributed by atoms with Gasteiger partial charge in [0.15, 0.2) is 5.13 Å². The van der Waals surface area contributed by atoms with Gasteiger partial charge in [-0.15, -0.1) is 11.3 Å². The first-order valence-corrected chi connectivity index (χ1v) is 10.4. The highest BCUT2D eigenvalue weighted by Gasteiger charge is 2.64. The molecule has 5 heteroatoms. The van der Waals surface area contributed by atoms with Crippen molar-refractivity contribution in [2.24, 2.45) is 23.7 Å². The van der Waals surface area contributed by atoms with Crippen molar-refractivity contribution in [3.05, 3.63) is 46.4 Å². The molecule has 1 aromatic carbocycles. The second kappa shape index (κ2) is 5.86. The Hall–Kier alpha value is -2.27. The highest BCUT2D eigenvalue weighted by Crippen LogP contribution is 2.60. The van der Waals surface area contributed by atoms with Crippen LogP contribution in [0.5, 0.6) is 0 Å². The molecule has 0 N–H and O–H groups in total. The van der Waals surface area contributed by atoms with Crippen molar-refractivity contribution in [2.75, 3.05) is 4.90 Å². The lowest BCUT2D eigenvalue weighted by Crippen LogP contribution is -2.33. The number of aromatic nitrogens is 1. The van der Waals surface area contributed by atoms with E-state index in [2.05, 4.69) is 13.8 Å². The van der Waals surface area contributed by atoms with Gasteiger partial charge < -0.3 is 0 Å². The largest absolute Gasteiger partial charge is 0.274 e. The predicted octanol–water partition coefficient (Wildman–Crippen LogP) is 4.60. The number of rotatable bonds is 2. The molecular formula is C22H22N2O2S. The molecule has 0 unspecified atom stereocenters. The minimum Gasteiger partial charge on any atom is -0.274 e. The molecule has 2 aromatic rings. The Kier molecular flexibility index (Phi) is 3.66. The molecular weight excluding hydrogens is 356 g/mol. The molecule has 1 aromatic heterocycles. The van der Waals surface area contributed by atoms with E-state index in [0.29, 0.717) is 5.13 Å². The third kappa shape index (κ3) is 2.24. The summed E-state index contributed by atoms with van der Waals surface area (Å²) in [6.45, 7) is 6.23. The Morgan fingerprint density at radius 2 is 1.63 bits per heavy atom. The number of nitrogens with zero attached hydrogens (tertiary/aromatic N) is 2. The Morgan fingerprint density at radius 1 is 1.04 bits per heavy atom. The van der Waals surface area contributed by atoms with E-state index in [-0.39, 0.29) is 35.5 Å². The summed E-state index contributed by atoms with van der Waals surface area (Å²) in [6.07, 6.45) is 2.07. The fourth-order valence-electron chi connectivity index (χ4n) is 5.52. The number of fused-ring (bicyclic) bond motifs is 5. The van der Waals surface area contributed by atoms with Crippen LogP contribution in [0.25, 0.3) is 11.3 Å². The number of thiazole rings is 1. The quantitative estimate of drug-likeness (QED) is 0.567. The average molecular weight is 378 g/mol. The summed E-state index contributed by atoms with van der Waals surface area (Å²) in [5.41, 5.74) is 4.55. The number of hydrogen-bond donors (Lipinski definition) is 0. The van der Waals surface area contributed by atoms with E-state index in [4.69, 9.17) is 4.98 Å². The fraction of sp³-hybridized carbons (Fsp3) is 0.409. The molecule has 2 amide bonds. The first kappa shape index (κ1) is 16.9. The second-order valence-electron chi connectivity index (χ2n) is 8.08. The summed E-state index contributed by atoms with van der Waals surface area (Å²) in [6, 6.07) is 9.94. The number of carbonyl (C=O) groups is 2. The molecule has 3 aliphatic rings.